The van der Waals surface area contributed by atoms with E-state index in [0.717, 1.165) is 44.5 Å². The van der Waals surface area contributed by atoms with E-state index in [4.69, 9.17) is 0 Å². The predicted octanol–water partition coefficient (Wildman–Crippen LogP) is 5.04. The van der Waals surface area contributed by atoms with Gasteiger partial charge >= 0.3 is 0 Å². The molecule has 2 saturated heterocycles. The van der Waals surface area contributed by atoms with Gasteiger partial charge in [-0.1, -0.05) is 31.2 Å². The Labute approximate surface area is 214 Å². The predicted molar refractivity (Wildman–Crippen MR) is 145 cm³/mol. The highest BCUT2D eigenvalue weighted by molar-refractivity contribution is 5.82. The molecule has 1 amide bonds. The third-order valence-electron chi connectivity index (χ3n) is 8.73. The molecule has 190 valence electrons. The van der Waals surface area contributed by atoms with Crippen LogP contribution in [0.1, 0.15) is 57.4 Å². The molecule has 3 aromatic rings. The van der Waals surface area contributed by atoms with Gasteiger partial charge in [0.25, 0.3) is 0 Å². The Morgan fingerprint density at radius 2 is 1.78 bits per heavy atom. The van der Waals surface area contributed by atoms with Crippen LogP contribution in [0.15, 0.2) is 48.8 Å². The van der Waals surface area contributed by atoms with Gasteiger partial charge in [0, 0.05) is 62.6 Å². The Kier molecular flexibility index (Phi) is 6.46. The first-order valence-corrected chi connectivity index (χ1v) is 14.0. The molecule has 3 fully saturated rings. The molecule has 2 atom stereocenters. The van der Waals surface area contributed by atoms with Gasteiger partial charge in [-0.15, -0.1) is 0 Å². The molecular weight excluding hydrogens is 446 g/mol. The van der Waals surface area contributed by atoms with Gasteiger partial charge in [-0.3, -0.25) is 4.79 Å². The zero-order valence-corrected chi connectivity index (χ0v) is 21.8. The lowest BCUT2D eigenvalue weighted by atomic mass is 9.89. The molecule has 4 heterocycles. The number of hydrogen-bond acceptors (Lipinski definition) is 4. The molecule has 0 unspecified atom stereocenters. The summed E-state index contributed by atoms with van der Waals surface area (Å²) in [5, 5.41) is 4.60. The molecule has 1 aromatic carbocycles. The van der Waals surface area contributed by atoms with Crippen molar-refractivity contribution in [3.63, 3.8) is 0 Å². The zero-order valence-electron chi connectivity index (χ0n) is 21.8. The van der Waals surface area contributed by atoms with Crippen LogP contribution in [-0.2, 0) is 4.79 Å². The molecule has 6 nitrogen and oxygen atoms in total. The maximum absolute atomic E-state index is 12.5. The molecule has 1 aliphatic carbocycles. The highest BCUT2D eigenvalue weighted by Crippen LogP contribution is 2.34. The van der Waals surface area contributed by atoms with E-state index >= 15 is 0 Å². The number of nitrogens with zero attached hydrogens (tertiary/aromatic N) is 5. The van der Waals surface area contributed by atoms with Gasteiger partial charge in [0.2, 0.25) is 5.91 Å². The minimum atomic E-state index is 0.306. The smallest absolute Gasteiger partial charge is 0.225 e. The van der Waals surface area contributed by atoms with Gasteiger partial charge in [0.05, 0.1) is 11.2 Å². The number of anilines is 1. The molecule has 36 heavy (non-hydrogen) atoms. The van der Waals surface area contributed by atoms with Crippen LogP contribution in [0, 0.1) is 5.92 Å². The molecule has 0 N–H and O–H groups in total. The summed E-state index contributed by atoms with van der Waals surface area (Å²) in [6.07, 6.45) is 9.99. The van der Waals surface area contributed by atoms with E-state index in [1.807, 2.05) is 10.7 Å². The third-order valence-corrected chi connectivity index (χ3v) is 8.73. The van der Waals surface area contributed by atoms with Gasteiger partial charge in [0.1, 0.15) is 0 Å². The largest absolute Gasteiger partial charge is 0.366 e. The summed E-state index contributed by atoms with van der Waals surface area (Å²) in [4.78, 5) is 19.6. The number of carbonyl (C=O) groups is 1. The number of aromatic nitrogens is 2. The van der Waals surface area contributed by atoms with Gasteiger partial charge in [-0.05, 0) is 74.8 Å². The standard InChI is InChI=1S/C30H39N5O/c1-3-22(2)34-14-4-5-26(20-34)23-6-8-24(9-7-23)27-19-29-28(12-13-31-35(29)21-27)32-15-17-33(18-16-32)30(36)25-10-11-25/h6-9,12-13,19,21-22,25-26H,3-5,10-11,14-18,20H2,1-2H3/t22-,26+/m0/s1. The lowest BCUT2D eigenvalue weighted by molar-refractivity contribution is -0.132. The van der Waals surface area contributed by atoms with Crippen molar-refractivity contribution in [1.29, 1.82) is 0 Å². The molecule has 6 heteroatoms. The van der Waals surface area contributed by atoms with E-state index in [9.17, 15) is 4.79 Å². The SMILES string of the molecule is CC[C@H](C)N1CCC[C@@H](c2ccc(-c3cc4c(N5CCN(C(=O)C6CC6)CC5)ccnn4c3)cc2)C1. The van der Waals surface area contributed by atoms with Crippen LogP contribution in [-0.4, -0.2) is 70.6 Å². The second-order valence-electron chi connectivity index (χ2n) is 11.1. The van der Waals surface area contributed by atoms with E-state index in [-0.39, 0.29) is 0 Å². The number of likely N-dealkylation sites (tertiary alicyclic amines) is 1. The zero-order chi connectivity index (χ0) is 24.6. The second-order valence-corrected chi connectivity index (χ2v) is 11.1. The second kappa shape index (κ2) is 9.89. The molecule has 2 aliphatic heterocycles. The van der Waals surface area contributed by atoms with E-state index in [2.05, 4.69) is 76.2 Å². The van der Waals surface area contributed by atoms with Crippen LogP contribution >= 0.6 is 0 Å². The maximum Gasteiger partial charge on any atom is 0.225 e. The van der Waals surface area contributed by atoms with Crippen LogP contribution in [0.2, 0.25) is 0 Å². The van der Waals surface area contributed by atoms with E-state index in [0.29, 0.717) is 23.8 Å². The lowest BCUT2D eigenvalue weighted by Crippen LogP contribution is -2.49. The molecule has 2 aromatic heterocycles. The fourth-order valence-corrected chi connectivity index (χ4v) is 6.07. The maximum atomic E-state index is 12.5. The van der Waals surface area contributed by atoms with Crippen molar-refractivity contribution in [2.45, 2.75) is 57.9 Å². The molecule has 6 rings (SSSR count). The van der Waals surface area contributed by atoms with Crippen LogP contribution < -0.4 is 4.90 Å². The molecule has 0 bridgehead atoms. The average molecular weight is 486 g/mol. The summed E-state index contributed by atoms with van der Waals surface area (Å²) >= 11 is 0. The molecule has 0 radical (unpaired) electrons. The highest BCUT2D eigenvalue weighted by Gasteiger charge is 2.34. The summed E-state index contributed by atoms with van der Waals surface area (Å²) < 4.78 is 2.01. The monoisotopic (exact) mass is 485 g/mol. The molecule has 1 saturated carbocycles. The number of piperazine rings is 1. The molecule has 0 spiro atoms. The quantitative estimate of drug-likeness (QED) is 0.491. The van der Waals surface area contributed by atoms with Crippen molar-refractivity contribution < 1.29 is 4.79 Å². The number of amides is 1. The Bertz CT molecular complexity index is 1210. The Morgan fingerprint density at radius 3 is 2.50 bits per heavy atom. The van der Waals surface area contributed by atoms with E-state index in [1.54, 1.807) is 0 Å². The van der Waals surface area contributed by atoms with Crippen molar-refractivity contribution in [1.82, 2.24) is 19.4 Å². The normalized spacial score (nSPS) is 22.2. The minimum Gasteiger partial charge on any atom is -0.366 e. The molecular formula is C30H39N5O. The van der Waals surface area contributed by atoms with Crippen LogP contribution in [0.3, 0.4) is 0 Å². The van der Waals surface area contributed by atoms with E-state index in [1.165, 1.54) is 54.7 Å². The van der Waals surface area contributed by atoms with Crippen molar-refractivity contribution in [2.24, 2.45) is 5.92 Å². The van der Waals surface area contributed by atoms with Crippen molar-refractivity contribution in [2.75, 3.05) is 44.2 Å². The summed E-state index contributed by atoms with van der Waals surface area (Å²) in [7, 11) is 0. The van der Waals surface area contributed by atoms with Crippen LogP contribution in [0.25, 0.3) is 16.6 Å². The summed E-state index contributed by atoms with van der Waals surface area (Å²) in [5.74, 6) is 1.30. The summed E-state index contributed by atoms with van der Waals surface area (Å²) in [5.41, 5.74) is 6.25. The van der Waals surface area contributed by atoms with Gasteiger partial charge in [-0.2, -0.15) is 5.10 Å². The average Bonchev–Trinajstić information content (AvgIpc) is 3.70. The van der Waals surface area contributed by atoms with Crippen LogP contribution in [0.5, 0.6) is 0 Å². The Hall–Kier alpha value is -2.86. The first kappa shape index (κ1) is 23.5. The number of fused-ring (bicyclic) bond motifs is 1. The third kappa shape index (κ3) is 4.63. The van der Waals surface area contributed by atoms with E-state index < -0.39 is 0 Å². The van der Waals surface area contributed by atoms with Gasteiger partial charge < -0.3 is 14.7 Å². The number of piperidine rings is 1. The van der Waals surface area contributed by atoms with Crippen LogP contribution in [0.4, 0.5) is 5.69 Å². The summed E-state index contributed by atoms with van der Waals surface area (Å²) in [6, 6.07) is 14.3. The molecule has 3 aliphatic rings. The summed E-state index contributed by atoms with van der Waals surface area (Å²) in [6.45, 7) is 10.5. The highest BCUT2D eigenvalue weighted by atomic mass is 16.2. The number of rotatable bonds is 6. The lowest BCUT2D eigenvalue weighted by Gasteiger charge is -2.36. The first-order chi connectivity index (χ1) is 17.6. The fourth-order valence-electron chi connectivity index (χ4n) is 6.07. The Balaban J connectivity index is 1.17. The fraction of sp³-hybridized carbons (Fsp3) is 0.533. The topological polar surface area (TPSA) is 44.1 Å². The van der Waals surface area contributed by atoms with Gasteiger partial charge in [0.15, 0.2) is 0 Å². The number of hydrogen-bond donors (Lipinski definition) is 0. The number of benzene rings is 1. The minimum absolute atomic E-state index is 0.306. The van der Waals surface area contributed by atoms with Gasteiger partial charge in [-0.25, -0.2) is 4.52 Å². The van der Waals surface area contributed by atoms with Crippen molar-refractivity contribution in [3.05, 3.63) is 54.4 Å². The van der Waals surface area contributed by atoms with Crippen molar-refractivity contribution in [3.8, 4) is 11.1 Å². The Morgan fingerprint density at radius 1 is 1.00 bits per heavy atom. The first-order valence-electron chi connectivity index (χ1n) is 14.0. The number of carbonyl (C=O) groups excluding carboxylic acids is 1. The van der Waals surface area contributed by atoms with Crippen molar-refractivity contribution >= 4 is 17.1 Å².